The molecule has 0 aromatic carbocycles. The predicted molar refractivity (Wildman–Crippen MR) is 97.5 cm³/mol. The lowest BCUT2D eigenvalue weighted by Crippen LogP contribution is -2.38. The second-order valence-electron chi connectivity index (χ2n) is 6.39. The second-order valence-corrected chi connectivity index (χ2v) is 6.39. The molecule has 0 aliphatic carbocycles. The first-order valence-corrected chi connectivity index (χ1v) is 8.60. The van der Waals surface area contributed by atoms with Crippen LogP contribution in [0.4, 0.5) is 5.82 Å². The van der Waals surface area contributed by atoms with Crippen LogP contribution in [0.3, 0.4) is 0 Å². The molecule has 3 aromatic rings. The van der Waals surface area contributed by atoms with Gasteiger partial charge >= 0.3 is 0 Å². The smallest absolute Gasteiger partial charge is 0.255 e. The van der Waals surface area contributed by atoms with E-state index in [9.17, 15) is 4.79 Å². The number of carbonyl (C=O) groups is 1. The van der Waals surface area contributed by atoms with E-state index in [2.05, 4.69) is 24.8 Å². The zero-order valence-electron chi connectivity index (χ0n) is 14.6. The summed E-state index contributed by atoms with van der Waals surface area (Å²) in [5, 5.41) is 3.26. The minimum absolute atomic E-state index is 0.00334. The molecule has 0 bridgehead atoms. The topological polar surface area (TPSA) is 75.9 Å². The molecule has 7 nitrogen and oxygen atoms in total. The zero-order chi connectivity index (χ0) is 17.9. The lowest BCUT2D eigenvalue weighted by atomic mass is 10.2. The van der Waals surface area contributed by atoms with Crippen LogP contribution in [0.2, 0.25) is 0 Å². The summed E-state index contributed by atoms with van der Waals surface area (Å²) in [5.41, 5.74) is 2.55. The van der Waals surface area contributed by atoms with Crippen LogP contribution in [0.25, 0.3) is 0 Å². The van der Waals surface area contributed by atoms with Gasteiger partial charge in [0.05, 0.1) is 24.3 Å². The summed E-state index contributed by atoms with van der Waals surface area (Å²) in [7, 11) is 0. The van der Waals surface area contributed by atoms with Crippen molar-refractivity contribution in [3.8, 4) is 0 Å². The fourth-order valence-electron chi connectivity index (χ4n) is 3.07. The van der Waals surface area contributed by atoms with Crippen LogP contribution in [0.5, 0.6) is 0 Å². The maximum absolute atomic E-state index is 12.7. The summed E-state index contributed by atoms with van der Waals surface area (Å²) in [4.78, 5) is 27.6. The predicted octanol–water partition coefficient (Wildman–Crippen LogP) is 2.25. The average Bonchev–Trinajstić information content (AvgIpc) is 3.08. The molecule has 1 amide bonds. The summed E-state index contributed by atoms with van der Waals surface area (Å²) in [6.45, 7) is 4.47. The number of anilines is 1. The summed E-state index contributed by atoms with van der Waals surface area (Å²) in [6.07, 6.45) is 7.17. The number of hydrogen-bond donors (Lipinski definition) is 1. The van der Waals surface area contributed by atoms with E-state index in [-0.39, 0.29) is 5.91 Å². The highest BCUT2D eigenvalue weighted by molar-refractivity contribution is 5.94. The van der Waals surface area contributed by atoms with E-state index in [1.165, 1.54) is 0 Å². The molecule has 132 valence electrons. The van der Waals surface area contributed by atoms with Crippen LogP contribution in [0.1, 0.15) is 27.4 Å². The monoisotopic (exact) mass is 348 g/mol. The average molecular weight is 348 g/mol. The van der Waals surface area contributed by atoms with Gasteiger partial charge in [0.2, 0.25) is 0 Å². The second kappa shape index (κ2) is 6.95. The molecular formula is C19H20N6O. The first-order valence-electron chi connectivity index (χ1n) is 8.60. The van der Waals surface area contributed by atoms with E-state index in [0.717, 1.165) is 29.4 Å². The van der Waals surface area contributed by atoms with Gasteiger partial charge in [-0.05, 0) is 30.7 Å². The van der Waals surface area contributed by atoms with E-state index in [1.807, 2.05) is 42.3 Å². The van der Waals surface area contributed by atoms with Crippen molar-refractivity contribution in [2.45, 2.75) is 26.6 Å². The molecule has 7 heteroatoms. The van der Waals surface area contributed by atoms with E-state index in [4.69, 9.17) is 0 Å². The normalized spacial score (nSPS) is 13.3. The number of imidazole rings is 1. The molecular weight excluding hydrogens is 328 g/mol. The van der Waals surface area contributed by atoms with Crippen LogP contribution >= 0.6 is 0 Å². The van der Waals surface area contributed by atoms with E-state index in [1.54, 1.807) is 18.6 Å². The molecule has 26 heavy (non-hydrogen) atoms. The third-order valence-electron chi connectivity index (χ3n) is 4.38. The van der Waals surface area contributed by atoms with Crippen LogP contribution in [-0.2, 0) is 19.6 Å². The molecule has 0 spiro atoms. The Labute approximate surface area is 151 Å². The number of rotatable bonds is 4. The van der Waals surface area contributed by atoms with Crippen molar-refractivity contribution in [2.75, 3.05) is 11.9 Å². The fourth-order valence-corrected chi connectivity index (χ4v) is 3.07. The maximum Gasteiger partial charge on any atom is 0.255 e. The first-order chi connectivity index (χ1) is 12.7. The molecule has 1 aliphatic heterocycles. The van der Waals surface area contributed by atoms with Gasteiger partial charge in [-0.1, -0.05) is 6.07 Å². The van der Waals surface area contributed by atoms with Crippen LogP contribution in [0, 0.1) is 6.92 Å². The van der Waals surface area contributed by atoms with Crippen molar-refractivity contribution >= 4 is 11.7 Å². The van der Waals surface area contributed by atoms with Gasteiger partial charge < -0.3 is 14.8 Å². The SMILES string of the molecule is Cc1cncc(C(=O)N2CCn3cc(CNc4ccccn4)nc3C2)c1. The lowest BCUT2D eigenvalue weighted by molar-refractivity contribution is 0.0707. The van der Waals surface area contributed by atoms with Crippen molar-refractivity contribution < 1.29 is 4.79 Å². The molecule has 4 heterocycles. The first kappa shape index (κ1) is 16.3. The van der Waals surface area contributed by atoms with Gasteiger partial charge in [0.15, 0.2) is 0 Å². The number of aryl methyl sites for hydroxylation is 1. The number of amides is 1. The highest BCUT2D eigenvalue weighted by Crippen LogP contribution is 2.16. The Morgan fingerprint density at radius 2 is 2.19 bits per heavy atom. The van der Waals surface area contributed by atoms with Gasteiger partial charge in [0.25, 0.3) is 5.91 Å². The molecule has 4 rings (SSSR count). The molecule has 0 fully saturated rings. The Bertz CT molecular complexity index is 921. The maximum atomic E-state index is 12.7. The number of fused-ring (bicyclic) bond motifs is 1. The summed E-state index contributed by atoms with van der Waals surface area (Å²) in [5.74, 6) is 1.73. The summed E-state index contributed by atoms with van der Waals surface area (Å²) >= 11 is 0. The van der Waals surface area contributed by atoms with E-state index < -0.39 is 0 Å². The van der Waals surface area contributed by atoms with E-state index >= 15 is 0 Å². The van der Waals surface area contributed by atoms with Crippen molar-refractivity contribution in [2.24, 2.45) is 0 Å². The molecule has 0 saturated heterocycles. The molecule has 1 N–H and O–H groups in total. The third kappa shape index (κ3) is 3.42. The number of aromatic nitrogens is 4. The molecule has 1 aliphatic rings. The zero-order valence-corrected chi connectivity index (χ0v) is 14.6. The van der Waals surface area contributed by atoms with Crippen molar-refractivity contribution in [1.29, 1.82) is 0 Å². The number of carbonyl (C=O) groups excluding carboxylic acids is 1. The molecule has 0 saturated carbocycles. The Hall–Kier alpha value is -3.22. The Morgan fingerprint density at radius 1 is 1.27 bits per heavy atom. The number of pyridine rings is 2. The van der Waals surface area contributed by atoms with Gasteiger partial charge in [-0.15, -0.1) is 0 Å². The van der Waals surface area contributed by atoms with E-state index in [0.29, 0.717) is 25.2 Å². The van der Waals surface area contributed by atoms with Gasteiger partial charge in [-0.25, -0.2) is 9.97 Å². The quantitative estimate of drug-likeness (QED) is 0.783. The number of hydrogen-bond acceptors (Lipinski definition) is 5. The molecule has 0 atom stereocenters. The number of nitrogens with zero attached hydrogens (tertiary/aromatic N) is 5. The Balaban J connectivity index is 1.44. The molecule has 0 unspecified atom stereocenters. The Morgan fingerprint density at radius 3 is 3.00 bits per heavy atom. The van der Waals surface area contributed by atoms with Gasteiger partial charge in [0, 0.05) is 37.9 Å². The van der Waals surface area contributed by atoms with Gasteiger partial charge in [0.1, 0.15) is 11.6 Å². The van der Waals surface area contributed by atoms with Crippen molar-refractivity contribution in [1.82, 2.24) is 24.4 Å². The largest absolute Gasteiger partial charge is 0.364 e. The third-order valence-corrected chi connectivity index (χ3v) is 4.38. The molecule has 0 radical (unpaired) electrons. The van der Waals surface area contributed by atoms with Crippen LogP contribution in [-0.4, -0.2) is 36.9 Å². The highest BCUT2D eigenvalue weighted by Gasteiger charge is 2.23. The van der Waals surface area contributed by atoms with Gasteiger partial charge in [-0.3, -0.25) is 9.78 Å². The minimum Gasteiger partial charge on any atom is -0.364 e. The van der Waals surface area contributed by atoms with Crippen molar-refractivity contribution in [3.05, 3.63) is 71.7 Å². The number of nitrogens with one attached hydrogen (secondary N) is 1. The fraction of sp³-hybridized carbons (Fsp3) is 0.263. The van der Waals surface area contributed by atoms with Crippen LogP contribution in [0.15, 0.2) is 49.1 Å². The standard InChI is InChI=1S/C19H20N6O/c1-14-8-15(10-20-9-14)19(26)25-7-6-24-12-16(23-18(24)13-25)11-22-17-4-2-3-5-21-17/h2-5,8-10,12H,6-7,11,13H2,1H3,(H,21,22). The minimum atomic E-state index is 0.00334. The van der Waals surface area contributed by atoms with Crippen molar-refractivity contribution in [3.63, 3.8) is 0 Å². The summed E-state index contributed by atoms with van der Waals surface area (Å²) in [6, 6.07) is 7.62. The van der Waals surface area contributed by atoms with Crippen LogP contribution < -0.4 is 5.32 Å². The van der Waals surface area contributed by atoms with Gasteiger partial charge in [-0.2, -0.15) is 0 Å². The molecule has 3 aromatic heterocycles. The highest BCUT2D eigenvalue weighted by atomic mass is 16.2. The lowest BCUT2D eigenvalue weighted by Gasteiger charge is -2.27. The Kier molecular flexibility index (Phi) is 4.35. The summed E-state index contributed by atoms with van der Waals surface area (Å²) < 4.78 is 2.12.